The molecule has 0 bridgehead atoms. The molecule has 158 valence electrons. The number of hydrogen-bond donors (Lipinski definition) is 1. The van der Waals surface area contributed by atoms with E-state index in [1.807, 2.05) is 37.3 Å². The minimum Gasteiger partial charge on any atom is -0.494 e. The Bertz CT molecular complexity index is 1260. The Hall–Kier alpha value is -3.64. The van der Waals surface area contributed by atoms with Gasteiger partial charge >= 0.3 is 6.03 Å². The number of hydrogen-bond acceptors (Lipinski definition) is 4. The molecule has 0 radical (unpaired) electrons. The Morgan fingerprint density at radius 2 is 1.65 bits per heavy atom. The molecular formula is C24H21ClN2O4. The van der Waals surface area contributed by atoms with Gasteiger partial charge in [-0.25, -0.2) is 9.69 Å². The standard InChI is InChI=1S/C24H21ClN2O4/c1-14-7-4-5-8-16(14)22-18-13-15(25)11-12-17(18)23(31-22)27(24(26)28)21-19(29-2)9-6-10-20(21)30-3/h4-13H,1-3H3,(H2,26,28). The SMILES string of the molecule is COc1cccc(OC)c1N(C(N)=O)c1oc(-c2ccccc2C)c2cc(Cl)ccc12. The summed E-state index contributed by atoms with van der Waals surface area (Å²) in [7, 11) is 3.02. The van der Waals surface area contributed by atoms with Crippen molar-refractivity contribution in [2.24, 2.45) is 5.73 Å². The third-order valence-electron chi connectivity index (χ3n) is 5.09. The van der Waals surface area contributed by atoms with E-state index < -0.39 is 6.03 Å². The number of halogens is 1. The molecule has 0 unspecified atom stereocenters. The van der Waals surface area contributed by atoms with E-state index in [1.165, 1.54) is 19.1 Å². The van der Waals surface area contributed by atoms with Gasteiger partial charge in [0, 0.05) is 21.4 Å². The zero-order valence-corrected chi connectivity index (χ0v) is 18.1. The van der Waals surface area contributed by atoms with Crippen LogP contribution in [0.15, 0.2) is 65.1 Å². The van der Waals surface area contributed by atoms with E-state index in [0.717, 1.165) is 16.5 Å². The van der Waals surface area contributed by atoms with E-state index in [-0.39, 0.29) is 5.88 Å². The van der Waals surface area contributed by atoms with Crippen LogP contribution in [0.1, 0.15) is 5.56 Å². The smallest absolute Gasteiger partial charge is 0.326 e. The normalized spacial score (nSPS) is 10.8. The third kappa shape index (κ3) is 3.55. The van der Waals surface area contributed by atoms with Crippen LogP contribution in [-0.4, -0.2) is 20.3 Å². The first-order chi connectivity index (χ1) is 15.0. The monoisotopic (exact) mass is 436 g/mol. The number of carbonyl (C=O) groups is 1. The highest BCUT2D eigenvalue weighted by Crippen LogP contribution is 2.47. The molecular weight excluding hydrogens is 416 g/mol. The molecule has 0 aliphatic carbocycles. The number of fused-ring (bicyclic) bond motifs is 1. The summed E-state index contributed by atoms with van der Waals surface area (Å²) in [5.74, 6) is 1.66. The number of para-hydroxylation sites is 1. The minimum absolute atomic E-state index is 0.250. The lowest BCUT2D eigenvalue weighted by Crippen LogP contribution is -2.32. The number of nitrogens with zero attached hydrogens (tertiary/aromatic N) is 1. The number of rotatable bonds is 5. The first-order valence-corrected chi connectivity index (χ1v) is 9.92. The number of benzene rings is 3. The number of aryl methyl sites for hydroxylation is 1. The molecule has 0 spiro atoms. The average molecular weight is 437 g/mol. The van der Waals surface area contributed by atoms with Gasteiger partial charge in [0.1, 0.15) is 22.9 Å². The third-order valence-corrected chi connectivity index (χ3v) is 5.33. The summed E-state index contributed by atoms with van der Waals surface area (Å²) >= 11 is 6.29. The molecule has 3 aromatic carbocycles. The summed E-state index contributed by atoms with van der Waals surface area (Å²) < 4.78 is 17.3. The fourth-order valence-corrected chi connectivity index (χ4v) is 3.83. The highest BCUT2D eigenvalue weighted by atomic mass is 35.5. The Labute approximate surface area is 184 Å². The maximum absolute atomic E-state index is 12.7. The molecule has 0 aliphatic rings. The molecule has 4 rings (SSSR count). The van der Waals surface area contributed by atoms with Gasteiger partial charge in [-0.2, -0.15) is 0 Å². The zero-order valence-electron chi connectivity index (χ0n) is 17.3. The largest absolute Gasteiger partial charge is 0.494 e. The number of methoxy groups -OCH3 is 2. The van der Waals surface area contributed by atoms with Crippen molar-refractivity contribution >= 4 is 40.0 Å². The zero-order chi connectivity index (χ0) is 22.1. The van der Waals surface area contributed by atoms with E-state index in [4.69, 9.17) is 31.2 Å². The van der Waals surface area contributed by atoms with Crippen LogP contribution in [0.3, 0.4) is 0 Å². The van der Waals surface area contributed by atoms with Crippen molar-refractivity contribution < 1.29 is 18.7 Å². The van der Waals surface area contributed by atoms with Crippen LogP contribution < -0.4 is 20.1 Å². The number of carbonyl (C=O) groups excluding carboxylic acids is 1. The highest BCUT2D eigenvalue weighted by Gasteiger charge is 2.30. The number of nitrogens with two attached hydrogens (primary N) is 1. The Balaban J connectivity index is 2.06. The van der Waals surface area contributed by atoms with Crippen molar-refractivity contribution in [2.75, 3.05) is 19.1 Å². The lowest BCUT2D eigenvalue weighted by atomic mass is 10.0. The number of ether oxygens (including phenoxy) is 2. The number of urea groups is 1. The number of anilines is 2. The predicted octanol–water partition coefficient (Wildman–Crippen LogP) is 6.30. The van der Waals surface area contributed by atoms with Crippen LogP contribution in [0.4, 0.5) is 16.4 Å². The van der Waals surface area contributed by atoms with E-state index in [0.29, 0.717) is 33.4 Å². The average Bonchev–Trinajstić information content (AvgIpc) is 3.12. The Kier molecular flexibility index (Phi) is 5.48. The van der Waals surface area contributed by atoms with Crippen LogP contribution in [0.25, 0.3) is 22.1 Å². The molecule has 2 N–H and O–H groups in total. The molecule has 6 nitrogen and oxygen atoms in total. The molecule has 31 heavy (non-hydrogen) atoms. The topological polar surface area (TPSA) is 77.9 Å². The maximum atomic E-state index is 12.7. The van der Waals surface area contributed by atoms with E-state index in [1.54, 1.807) is 30.3 Å². The second-order valence-corrected chi connectivity index (χ2v) is 7.36. The fraction of sp³-hybridized carbons (Fsp3) is 0.125. The van der Waals surface area contributed by atoms with E-state index in [2.05, 4.69) is 0 Å². The second kappa shape index (κ2) is 8.24. The van der Waals surface area contributed by atoms with Crippen molar-refractivity contribution in [1.82, 2.24) is 0 Å². The van der Waals surface area contributed by atoms with Crippen LogP contribution in [0.5, 0.6) is 11.5 Å². The molecule has 0 fully saturated rings. The van der Waals surface area contributed by atoms with Gasteiger partial charge < -0.3 is 19.6 Å². The van der Waals surface area contributed by atoms with Crippen molar-refractivity contribution in [3.63, 3.8) is 0 Å². The molecule has 0 aliphatic heterocycles. The minimum atomic E-state index is -0.746. The van der Waals surface area contributed by atoms with Gasteiger partial charge in [-0.15, -0.1) is 0 Å². The van der Waals surface area contributed by atoms with Gasteiger partial charge in [-0.05, 0) is 42.8 Å². The lowest BCUT2D eigenvalue weighted by Gasteiger charge is -2.22. The molecule has 2 amide bonds. The summed E-state index contributed by atoms with van der Waals surface area (Å²) in [6, 6.07) is 17.6. The Morgan fingerprint density at radius 3 is 2.26 bits per heavy atom. The van der Waals surface area contributed by atoms with E-state index in [9.17, 15) is 4.79 Å². The molecule has 0 saturated heterocycles. The summed E-state index contributed by atoms with van der Waals surface area (Å²) in [5.41, 5.74) is 8.09. The highest BCUT2D eigenvalue weighted by molar-refractivity contribution is 6.31. The summed E-state index contributed by atoms with van der Waals surface area (Å²) in [5, 5.41) is 1.99. The number of furan rings is 1. The molecule has 1 heterocycles. The van der Waals surface area contributed by atoms with Gasteiger partial charge in [0.2, 0.25) is 5.88 Å². The van der Waals surface area contributed by atoms with E-state index >= 15 is 0 Å². The van der Waals surface area contributed by atoms with Gasteiger partial charge in [0.25, 0.3) is 0 Å². The van der Waals surface area contributed by atoms with Crippen LogP contribution in [0.2, 0.25) is 5.02 Å². The van der Waals surface area contributed by atoms with Crippen LogP contribution in [-0.2, 0) is 0 Å². The second-order valence-electron chi connectivity index (χ2n) is 6.93. The van der Waals surface area contributed by atoms with Crippen molar-refractivity contribution in [3.05, 3.63) is 71.2 Å². The first kappa shape index (κ1) is 20.6. The number of amides is 2. The molecule has 7 heteroatoms. The van der Waals surface area contributed by atoms with Gasteiger partial charge in [-0.1, -0.05) is 41.9 Å². The molecule has 4 aromatic rings. The first-order valence-electron chi connectivity index (χ1n) is 9.54. The molecule has 0 saturated carbocycles. The summed E-state index contributed by atoms with van der Waals surface area (Å²) in [6.45, 7) is 1.99. The summed E-state index contributed by atoms with van der Waals surface area (Å²) in [4.78, 5) is 14.0. The van der Waals surface area contributed by atoms with Crippen molar-refractivity contribution in [3.8, 4) is 22.8 Å². The fourth-order valence-electron chi connectivity index (χ4n) is 3.66. The quantitative estimate of drug-likeness (QED) is 0.398. The van der Waals surface area contributed by atoms with Crippen LogP contribution in [0, 0.1) is 6.92 Å². The van der Waals surface area contributed by atoms with Crippen LogP contribution >= 0.6 is 11.6 Å². The van der Waals surface area contributed by atoms with Crippen molar-refractivity contribution in [1.29, 1.82) is 0 Å². The molecule has 1 aromatic heterocycles. The molecule has 0 atom stereocenters. The van der Waals surface area contributed by atoms with Gasteiger partial charge in [0.15, 0.2) is 0 Å². The summed E-state index contributed by atoms with van der Waals surface area (Å²) in [6.07, 6.45) is 0. The maximum Gasteiger partial charge on any atom is 0.326 e. The van der Waals surface area contributed by atoms with Gasteiger partial charge in [0.05, 0.1) is 14.2 Å². The Morgan fingerprint density at radius 1 is 0.968 bits per heavy atom. The number of primary amides is 1. The van der Waals surface area contributed by atoms with Gasteiger partial charge in [-0.3, -0.25) is 0 Å². The lowest BCUT2D eigenvalue weighted by molar-refractivity contribution is 0.255. The van der Waals surface area contributed by atoms with Crippen molar-refractivity contribution in [2.45, 2.75) is 6.92 Å². The predicted molar refractivity (Wildman–Crippen MR) is 123 cm³/mol.